The van der Waals surface area contributed by atoms with E-state index < -0.39 is 0 Å². The summed E-state index contributed by atoms with van der Waals surface area (Å²) in [5, 5.41) is 12.8. The molecule has 1 saturated carbocycles. The lowest BCUT2D eigenvalue weighted by Gasteiger charge is -2.37. The van der Waals surface area contributed by atoms with E-state index in [0.717, 1.165) is 24.7 Å². The summed E-state index contributed by atoms with van der Waals surface area (Å²) < 4.78 is 3.89. The Bertz CT molecular complexity index is 774. The highest BCUT2D eigenvalue weighted by Gasteiger charge is 2.32. The van der Waals surface area contributed by atoms with Crippen LogP contribution in [0.1, 0.15) is 36.0 Å². The van der Waals surface area contributed by atoms with Crippen molar-refractivity contribution in [2.24, 2.45) is 0 Å². The molecule has 8 nitrogen and oxygen atoms in total. The van der Waals surface area contributed by atoms with Crippen LogP contribution in [-0.2, 0) is 24.4 Å². The van der Waals surface area contributed by atoms with Crippen molar-refractivity contribution < 1.29 is 4.79 Å². The summed E-state index contributed by atoms with van der Waals surface area (Å²) in [4.78, 5) is 17.0. The number of fused-ring (bicyclic) bond motifs is 1. The van der Waals surface area contributed by atoms with Crippen LogP contribution >= 0.6 is 0 Å². The molecule has 2 aromatic rings. The van der Waals surface area contributed by atoms with Crippen LogP contribution in [0.3, 0.4) is 0 Å². The number of hydrogen-bond acceptors (Lipinski definition) is 5. The number of carbonyl (C=O) groups is 1. The van der Waals surface area contributed by atoms with Gasteiger partial charge in [-0.05, 0) is 45.3 Å². The monoisotopic (exact) mass is 343 g/mol. The average Bonchev–Trinajstić information content (AvgIpc) is 3.22. The molecule has 2 aromatic heterocycles. The maximum absolute atomic E-state index is 13.0. The van der Waals surface area contributed by atoms with Crippen molar-refractivity contribution in [1.82, 2.24) is 34.3 Å². The van der Waals surface area contributed by atoms with Gasteiger partial charge in [-0.25, -0.2) is 0 Å². The third-order valence-corrected chi connectivity index (χ3v) is 5.05. The summed E-state index contributed by atoms with van der Waals surface area (Å²) >= 11 is 0. The summed E-state index contributed by atoms with van der Waals surface area (Å²) in [6.07, 6.45) is 6.41. The van der Waals surface area contributed by atoms with Gasteiger partial charge in [0.2, 0.25) is 5.91 Å². The minimum atomic E-state index is 0.0872. The zero-order chi connectivity index (χ0) is 17.6. The lowest BCUT2D eigenvalue weighted by atomic mass is 10.1. The first-order valence-corrected chi connectivity index (χ1v) is 8.86. The van der Waals surface area contributed by atoms with E-state index >= 15 is 0 Å². The number of carbonyl (C=O) groups excluding carboxylic acids is 1. The first-order chi connectivity index (χ1) is 12.0. The predicted molar refractivity (Wildman–Crippen MR) is 91.9 cm³/mol. The molecule has 134 valence electrons. The highest BCUT2D eigenvalue weighted by atomic mass is 16.2. The van der Waals surface area contributed by atoms with Gasteiger partial charge in [-0.2, -0.15) is 5.10 Å². The van der Waals surface area contributed by atoms with E-state index in [1.807, 2.05) is 38.3 Å². The van der Waals surface area contributed by atoms with Gasteiger partial charge < -0.3 is 14.4 Å². The largest absolute Gasteiger partial charge is 0.327 e. The topological polar surface area (TPSA) is 72.1 Å². The van der Waals surface area contributed by atoms with Gasteiger partial charge >= 0.3 is 0 Å². The summed E-state index contributed by atoms with van der Waals surface area (Å²) in [5.74, 6) is 2.51. The molecule has 0 aromatic carbocycles. The lowest BCUT2D eigenvalue weighted by molar-refractivity contribution is -0.136. The van der Waals surface area contributed by atoms with Crippen molar-refractivity contribution in [3.05, 3.63) is 29.6 Å². The molecule has 0 radical (unpaired) electrons. The molecule has 4 rings (SSSR count). The average molecular weight is 343 g/mol. The Morgan fingerprint density at radius 3 is 2.84 bits per heavy atom. The van der Waals surface area contributed by atoms with Gasteiger partial charge in [-0.1, -0.05) is 0 Å². The molecule has 2 aliphatic rings. The van der Waals surface area contributed by atoms with Crippen molar-refractivity contribution >= 4 is 5.91 Å². The van der Waals surface area contributed by atoms with Crippen molar-refractivity contribution in [2.45, 2.75) is 51.4 Å². The fourth-order valence-corrected chi connectivity index (χ4v) is 3.56. The van der Waals surface area contributed by atoms with Crippen molar-refractivity contribution in [3.8, 4) is 0 Å². The molecule has 0 spiro atoms. The van der Waals surface area contributed by atoms with Gasteiger partial charge in [-0.3, -0.25) is 9.48 Å². The molecule has 0 bridgehead atoms. The molecular formula is C17H25N7O. The summed E-state index contributed by atoms with van der Waals surface area (Å²) in [6.45, 7) is 4.31. The molecule has 1 fully saturated rings. The SMILES string of the molecule is Cc1nnc2n1CC(CN(C)C)N(C(=O)Cn1cc(C3CC3)cn1)C2. The van der Waals surface area contributed by atoms with Crippen LogP contribution in [0, 0.1) is 6.92 Å². The van der Waals surface area contributed by atoms with Crippen molar-refractivity contribution in [2.75, 3.05) is 20.6 Å². The molecule has 1 aliphatic carbocycles. The highest BCUT2D eigenvalue weighted by molar-refractivity contribution is 5.76. The van der Waals surface area contributed by atoms with Crippen LogP contribution in [0.2, 0.25) is 0 Å². The Morgan fingerprint density at radius 2 is 2.12 bits per heavy atom. The Hall–Kier alpha value is -2.22. The molecule has 1 unspecified atom stereocenters. The molecular weight excluding hydrogens is 318 g/mol. The maximum Gasteiger partial charge on any atom is 0.245 e. The second-order valence-electron chi connectivity index (χ2n) is 7.46. The Morgan fingerprint density at radius 1 is 1.32 bits per heavy atom. The molecule has 3 heterocycles. The van der Waals surface area contributed by atoms with Crippen molar-refractivity contribution in [1.29, 1.82) is 0 Å². The minimum absolute atomic E-state index is 0.0872. The van der Waals surface area contributed by atoms with E-state index in [4.69, 9.17) is 0 Å². The van der Waals surface area contributed by atoms with Crippen LogP contribution < -0.4 is 0 Å². The van der Waals surface area contributed by atoms with E-state index in [-0.39, 0.29) is 18.5 Å². The third-order valence-electron chi connectivity index (χ3n) is 5.05. The number of amides is 1. The number of aryl methyl sites for hydroxylation is 1. The van der Waals surface area contributed by atoms with Crippen LogP contribution in [0.5, 0.6) is 0 Å². The summed E-state index contributed by atoms with van der Waals surface area (Å²) in [7, 11) is 4.07. The Labute approximate surface area is 147 Å². The Balaban J connectivity index is 1.51. The molecule has 8 heteroatoms. The minimum Gasteiger partial charge on any atom is -0.327 e. The van der Waals surface area contributed by atoms with Gasteiger partial charge in [0.15, 0.2) is 5.82 Å². The van der Waals surface area contributed by atoms with Crippen LogP contribution in [-0.4, -0.2) is 66.9 Å². The Kier molecular flexibility index (Phi) is 4.07. The fourth-order valence-electron chi connectivity index (χ4n) is 3.56. The fraction of sp³-hybridized carbons (Fsp3) is 0.647. The molecule has 0 saturated heterocycles. The van der Waals surface area contributed by atoms with Crippen molar-refractivity contribution in [3.63, 3.8) is 0 Å². The first-order valence-electron chi connectivity index (χ1n) is 8.86. The molecule has 0 N–H and O–H groups in total. The first kappa shape index (κ1) is 16.3. The maximum atomic E-state index is 13.0. The quantitative estimate of drug-likeness (QED) is 0.796. The second-order valence-corrected chi connectivity index (χ2v) is 7.46. The standard InChI is InChI=1S/C17H25N7O/c1-12-19-20-16-10-24(15(8-21(2)3)9-23(12)16)17(25)11-22-7-14(6-18-22)13-4-5-13/h6-7,13,15H,4-5,8-11H2,1-3H3. The number of aromatic nitrogens is 5. The van der Waals surface area contributed by atoms with Crippen LogP contribution in [0.25, 0.3) is 0 Å². The molecule has 1 atom stereocenters. The van der Waals surface area contributed by atoms with Gasteiger partial charge in [-0.15, -0.1) is 10.2 Å². The second kappa shape index (κ2) is 6.25. The van der Waals surface area contributed by atoms with Gasteiger partial charge in [0.05, 0.1) is 18.8 Å². The van der Waals surface area contributed by atoms with Crippen LogP contribution in [0.4, 0.5) is 0 Å². The molecule has 25 heavy (non-hydrogen) atoms. The van der Waals surface area contributed by atoms with E-state index in [1.165, 1.54) is 18.4 Å². The number of likely N-dealkylation sites (N-methyl/N-ethyl adjacent to an activating group) is 1. The third kappa shape index (κ3) is 3.30. The van der Waals surface area contributed by atoms with E-state index in [0.29, 0.717) is 12.5 Å². The summed E-state index contributed by atoms with van der Waals surface area (Å²) in [5.41, 5.74) is 1.26. The normalized spacial score (nSPS) is 20.2. The van der Waals surface area contributed by atoms with E-state index in [9.17, 15) is 4.79 Å². The summed E-state index contributed by atoms with van der Waals surface area (Å²) in [6, 6.07) is 0.114. The van der Waals surface area contributed by atoms with Gasteiger partial charge in [0.1, 0.15) is 12.4 Å². The van der Waals surface area contributed by atoms with Crippen LogP contribution in [0.15, 0.2) is 12.4 Å². The smallest absolute Gasteiger partial charge is 0.245 e. The molecule has 1 aliphatic heterocycles. The number of rotatable bonds is 5. The highest BCUT2D eigenvalue weighted by Crippen LogP contribution is 2.39. The van der Waals surface area contributed by atoms with Gasteiger partial charge in [0, 0.05) is 19.3 Å². The predicted octanol–water partition coefficient (Wildman–Crippen LogP) is 0.633. The number of hydrogen-bond donors (Lipinski definition) is 0. The van der Waals surface area contributed by atoms with E-state index in [2.05, 4.69) is 24.8 Å². The zero-order valence-electron chi connectivity index (χ0n) is 15.1. The molecule has 1 amide bonds. The lowest BCUT2D eigenvalue weighted by Crippen LogP contribution is -2.51. The zero-order valence-corrected chi connectivity index (χ0v) is 15.1. The number of nitrogens with zero attached hydrogens (tertiary/aromatic N) is 7. The van der Waals surface area contributed by atoms with E-state index in [1.54, 1.807) is 4.68 Å². The van der Waals surface area contributed by atoms with Gasteiger partial charge in [0.25, 0.3) is 0 Å².